The maximum absolute atomic E-state index is 12.2. The Kier molecular flexibility index (Phi) is 8.14. The van der Waals surface area contributed by atoms with Gasteiger partial charge < -0.3 is 14.8 Å². The number of halogens is 1. The molecule has 0 aliphatic rings. The molecule has 0 aliphatic carbocycles. The topological polar surface area (TPSA) is 132 Å². The van der Waals surface area contributed by atoms with E-state index in [0.717, 1.165) is 0 Å². The minimum atomic E-state index is -0.561. The predicted molar refractivity (Wildman–Crippen MR) is 127 cm³/mol. The fraction of sp³-hybridized carbons (Fsp3) is 0.0870. The zero-order valence-corrected chi connectivity index (χ0v) is 18.6. The van der Waals surface area contributed by atoms with E-state index in [9.17, 15) is 19.7 Å². The Morgan fingerprint density at radius 1 is 1.09 bits per heavy atom. The van der Waals surface area contributed by atoms with Gasteiger partial charge in [0.05, 0.1) is 18.2 Å². The van der Waals surface area contributed by atoms with Crippen LogP contribution in [0.3, 0.4) is 0 Å². The van der Waals surface area contributed by atoms with E-state index < -0.39 is 10.8 Å². The van der Waals surface area contributed by atoms with Crippen LogP contribution in [0.4, 0.5) is 11.4 Å². The fourth-order valence-electron chi connectivity index (χ4n) is 2.73. The van der Waals surface area contributed by atoms with Crippen LogP contribution in [0.1, 0.15) is 15.9 Å². The van der Waals surface area contributed by atoms with Gasteiger partial charge in [0.25, 0.3) is 17.5 Å². The van der Waals surface area contributed by atoms with Crippen molar-refractivity contribution in [2.75, 3.05) is 19.0 Å². The SMILES string of the molecule is COc1ccc(NC(=O)COc2ccc(Cl)cc2/C=N/NC(=O)c2ccc([N+](=O)[O-])cc2)cc1. The number of nitro benzene ring substituents is 1. The molecule has 0 aliphatic heterocycles. The number of nitrogens with one attached hydrogen (secondary N) is 2. The van der Waals surface area contributed by atoms with Gasteiger partial charge in [-0.1, -0.05) is 11.6 Å². The van der Waals surface area contributed by atoms with Gasteiger partial charge in [-0.05, 0) is 54.6 Å². The Hall–Kier alpha value is -4.44. The molecule has 2 amide bonds. The number of ether oxygens (including phenoxy) is 2. The molecule has 0 fully saturated rings. The fourth-order valence-corrected chi connectivity index (χ4v) is 2.91. The van der Waals surface area contributed by atoms with Crippen molar-refractivity contribution >= 4 is 41.0 Å². The molecular weight excluding hydrogens is 464 g/mol. The van der Waals surface area contributed by atoms with Crippen molar-refractivity contribution < 1.29 is 24.0 Å². The number of non-ortho nitro benzene ring substituents is 1. The van der Waals surface area contributed by atoms with Gasteiger partial charge in [-0.3, -0.25) is 19.7 Å². The lowest BCUT2D eigenvalue weighted by Gasteiger charge is -2.10. The molecule has 3 rings (SSSR count). The third kappa shape index (κ3) is 6.78. The lowest BCUT2D eigenvalue weighted by molar-refractivity contribution is -0.384. The van der Waals surface area contributed by atoms with Crippen molar-refractivity contribution in [2.24, 2.45) is 5.10 Å². The molecule has 3 aromatic carbocycles. The summed E-state index contributed by atoms with van der Waals surface area (Å²) in [6.45, 7) is -0.274. The average Bonchev–Trinajstić information content (AvgIpc) is 2.84. The minimum absolute atomic E-state index is 0.128. The van der Waals surface area contributed by atoms with E-state index in [1.807, 2.05) is 0 Å². The summed E-state index contributed by atoms with van der Waals surface area (Å²) in [7, 11) is 1.55. The molecule has 0 saturated carbocycles. The Bertz CT molecular complexity index is 1210. The van der Waals surface area contributed by atoms with Crippen LogP contribution in [0.2, 0.25) is 5.02 Å². The number of benzene rings is 3. The van der Waals surface area contributed by atoms with Crippen LogP contribution in [0, 0.1) is 10.1 Å². The first-order valence-electron chi connectivity index (χ1n) is 9.80. The smallest absolute Gasteiger partial charge is 0.271 e. The van der Waals surface area contributed by atoms with Crippen molar-refractivity contribution in [2.45, 2.75) is 0 Å². The minimum Gasteiger partial charge on any atom is -0.497 e. The summed E-state index contributed by atoms with van der Waals surface area (Å²) >= 11 is 6.04. The Morgan fingerprint density at radius 3 is 2.44 bits per heavy atom. The lowest BCUT2D eigenvalue weighted by Crippen LogP contribution is -2.20. The van der Waals surface area contributed by atoms with E-state index in [4.69, 9.17) is 21.1 Å². The number of rotatable bonds is 9. The number of amides is 2. The van der Waals surface area contributed by atoms with Gasteiger partial charge in [-0.25, -0.2) is 5.43 Å². The zero-order chi connectivity index (χ0) is 24.5. The van der Waals surface area contributed by atoms with Crippen molar-refractivity contribution in [1.82, 2.24) is 5.43 Å². The van der Waals surface area contributed by atoms with E-state index in [2.05, 4.69) is 15.8 Å². The number of nitrogens with zero attached hydrogens (tertiary/aromatic N) is 2. The predicted octanol–water partition coefficient (Wildman–Crippen LogP) is 4.04. The van der Waals surface area contributed by atoms with E-state index in [0.29, 0.717) is 27.8 Å². The zero-order valence-electron chi connectivity index (χ0n) is 17.9. The number of anilines is 1. The van der Waals surface area contributed by atoms with Crippen LogP contribution in [0.25, 0.3) is 0 Å². The molecule has 34 heavy (non-hydrogen) atoms. The summed E-state index contributed by atoms with van der Waals surface area (Å²) in [4.78, 5) is 34.6. The Morgan fingerprint density at radius 2 is 1.79 bits per heavy atom. The second kappa shape index (κ2) is 11.4. The monoisotopic (exact) mass is 482 g/mol. The number of carbonyl (C=O) groups is 2. The number of carbonyl (C=O) groups excluding carboxylic acids is 2. The molecule has 0 heterocycles. The standard InChI is InChI=1S/C23H19ClN4O6/c1-33-20-9-5-18(6-10-20)26-22(29)14-34-21-11-4-17(24)12-16(21)13-25-27-23(30)15-2-7-19(8-3-15)28(31)32/h2-13H,14H2,1H3,(H,26,29)(H,27,30)/b25-13+. The molecule has 0 radical (unpaired) electrons. The Balaban J connectivity index is 1.60. The molecule has 11 heteroatoms. The normalized spacial score (nSPS) is 10.5. The molecule has 0 aromatic heterocycles. The van der Waals surface area contributed by atoms with Gasteiger partial charge in [0.2, 0.25) is 0 Å². The van der Waals surface area contributed by atoms with E-state index in [-0.39, 0.29) is 23.8 Å². The summed E-state index contributed by atoms with van der Waals surface area (Å²) in [5.41, 5.74) is 3.40. The van der Waals surface area contributed by atoms with E-state index >= 15 is 0 Å². The van der Waals surface area contributed by atoms with Crippen molar-refractivity contribution in [3.05, 3.63) is 93.0 Å². The molecule has 0 saturated heterocycles. The average molecular weight is 483 g/mol. The molecular formula is C23H19ClN4O6. The van der Waals surface area contributed by atoms with Crippen LogP contribution in [-0.4, -0.2) is 36.7 Å². The number of hydrogen-bond acceptors (Lipinski definition) is 7. The molecule has 0 spiro atoms. The van der Waals surface area contributed by atoms with Gasteiger partial charge >= 0.3 is 0 Å². The third-order valence-corrected chi connectivity index (χ3v) is 4.65. The van der Waals surface area contributed by atoms with Crippen LogP contribution in [0.15, 0.2) is 71.8 Å². The number of nitro groups is 1. The number of hydrazone groups is 1. The molecule has 0 unspecified atom stereocenters. The highest BCUT2D eigenvalue weighted by Crippen LogP contribution is 2.22. The Labute approximate surface area is 199 Å². The summed E-state index contributed by atoms with van der Waals surface area (Å²) in [6, 6.07) is 16.6. The van der Waals surface area contributed by atoms with E-state index in [1.54, 1.807) is 49.6 Å². The van der Waals surface area contributed by atoms with Crippen LogP contribution in [0.5, 0.6) is 11.5 Å². The first-order valence-corrected chi connectivity index (χ1v) is 10.2. The highest BCUT2D eigenvalue weighted by Gasteiger charge is 2.10. The summed E-state index contributed by atoms with van der Waals surface area (Å²) in [5, 5.41) is 17.7. The lowest BCUT2D eigenvalue weighted by atomic mass is 10.2. The van der Waals surface area contributed by atoms with Gasteiger partial charge in [0.1, 0.15) is 11.5 Å². The first kappa shape index (κ1) is 24.2. The molecule has 0 bridgehead atoms. The molecule has 174 valence electrons. The van der Waals surface area contributed by atoms with Crippen LogP contribution < -0.4 is 20.2 Å². The molecule has 3 aromatic rings. The van der Waals surface area contributed by atoms with Crippen LogP contribution in [-0.2, 0) is 4.79 Å². The van der Waals surface area contributed by atoms with Crippen molar-refractivity contribution in [1.29, 1.82) is 0 Å². The first-order chi connectivity index (χ1) is 16.4. The highest BCUT2D eigenvalue weighted by molar-refractivity contribution is 6.30. The second-order valence-corrected chi connectivity index (χ2v) is 7.19. The summed E-state index contributed by atoms with van der Waals surface area (Å²) in [5.74, 6) is 0.0478. The van der Waals surface area contributed by atoms with Crippen LogP contribution >= 0.6 is 11.6 Å². The summed E-state index contributed by atoms with van der Waals surface area (Å²) in [6.07, 6.45) is 1.31. The van der Waals surface area contributed by atoms with Gasteiger partial charge in [0, 0.05) is 34.0 Å². The van der Waals surface area contributed by atoms with Crippen molar-refractivity contribution in [3.8, 4) is 11.5 Å². The molecule has 0 atom stereocenters. The number of hydrogen-bond donors (Lipinski definition) is 2. The second-order valence-electron chi connectivity index (χ2n) is 6.75. The highest BCUT2D eigenvalue weighted by atomic mass is 35.5. The van der Waals surface area contributed by atoms with Gasteiger partial charge in [-0.15, -0.1) is 0 Å². The molecule has 10 nitrogen and oxygen atoms in total. The maximum atomic E-state index is 12.2. The molecule has 2 N–H and O–H groups in total. The largest absolute Gasteiger partial charge is 0.497 e. The van der Waals surface area contributed by atoms with Gasteiger partial charge in [-0.2, -0.15) is 5.10 Å². The maximum Gasteiger partial charge on any atom is 0.271 e. The van der Waals surface area contributed by atoms with Gasteiger partial charge in [0.15, 0.2) is 6.61 Å². The third-order valence-electron chi connectivity index (χ3n) is 4.41. The summed E-state index contributed by atoms with van der Waals surface area (Å²) < 4.78 is 10.7. The van der Waals surface area contributed by atoms with E-state index in [1.165, 1.54) is 30.5 Å². The quantitative estimate of drug-likeness (QED) is 0.269. The number of methoxy groups -OCH3 is 1. The van der Waals surface area contributed by atoms with Crippen molar-refractivity contribution in [3.63, 3.8) is 0 Å².